The number of carbonyl (C=O) groups excluding carboxylic acids is 1. The summed E-state index contributed by atoms with van der Waals surface area (Å²) in [6, 6.07) is 2.59. The summed E-state index contributed by atoms with van der Waals surface area (Å²) < 4.78 is 0. The van der Waals surface area contributed by atoms with Crippen molar-refractivity contribution in [3.8, 4) is 5.75 Å². The average molecular weight is 229 g/mol. The summed E-state index contributed by atoms with van der Waals surface area (Å²) in [4.78, 5) is 10.9. The highest BCUT2D eigenvalue weighted by Gasteiger charge is 2.16. The molecule has 0 radical (unpaired) electrons. The molecular weight excluding hydrogens is 216 g/mol. The van der Waals surface area contributed by atoms with E-state index in [0.717, 1.165) is 0 Å². The molecule has 5 heteroatoms. The first-order valence-electron chi connectivity index (χ1n) is 4.48. The van der Waals surface area contributed by atoms with Gasteiger partial charge in [0.25, 0.3) is 0 Å². The van der Waals surface area contributed by atoms with E-state index in [-0.39, 0.29) is 23.4 Å². The lowest BCUT2D eigenvalue weighted by atomic mass is 10.1. The second kappa shape index (κ2) is 4.51. The Kier molecular flexibility index (Phi) is 3.55. The summed E-state index contributed by atoms with van der Waals surface area (Å²) in [5.74, 6) is -0.323. The summed E-state index contributed by atoms with van der Waals surface area (Å²) >= 11 is 5.94. The van der Waals surface area contributed by atoms with E-state index in [1.807, 2.05) is 0 Å². The molecule has 4 nitrogen and oxygen atoms in total. The zero-order valence-corrected chi connectivity index (χ0v) is 9.30. The quantitative estimate of drug-likeness (QED) is 0.678. The van der Waals surface area contributed by atoms with Crippen LogP contribution >= 0.6 is 11.6 Å². The standard InChI is InChI=1S/C10H13ClN2O2/c1-5(12)9-7(11)3-4-8(15)10(9)13-6(2)14/h3-5,15H,12H2,1-2H3,(H,13,14). The summed E-state index contributed by atoms with van der Waals surface area (Å²) in [7, 11) is 0. The fourth-order valence-corrected chi connectivity index (χ4v) is 1.66. The number of nitrogens with two attached hydrogens (primary N) is 1. The SMILES string of the molecule is CC(=O)Nc1c(O)ccc(Cl)c1C(C)N. The van der Waals surface area contributed by atoms with Gasteiger partial charge >= 0.3 is 0 Å². The summed E-state index contributed by atoms with van der Waals surface area (Å²) in [5, 5.41) is 12.5. The van der Waals surface area contributed by atoms with Crippen LogP contribution in [0.5, 0.6) is 5.75 Å². The first kappa shape index (κ1) is 11.8. The Morgan fingerprint density at radius 1 is 1.60 bits per heavy atom. The lowest BCUT2D eigenvalue weighted by Gasteiger charge is -2.16. The fraction of sp³-hybridized carbons (Fsp3) is 0.300. The number of benzene rings is 1. The number of nitrogens with one attached hydrogen (secondary N) is 1. The number of aromatic hydroxyl groups is 1. The van der Waals surface area contributed by atoms with Crippen molar-refractivity contribution in [3.05, 3.63) is 22.7 Å². The first-order valence-corrected chi connectivity index (χ1v) is 4.85. The minimum Gasteiger partial charge on any atom is -0.506 e. The Labute approximate surface area is 93.0 Å². The number of carbonyl (C=O) groups is 1. The van der Waals surface area contributed by atoms with Crippen LogP contribution in [-0.2, 0) is 4.79 Å². The lowest BCUT2D eigenvalue weighted by Crippen LogP contribution is -2.13. The van der Waals surface area contributed by atoms with Gasteiger partial charge in [0.2, 0.25) is 5.91 Å². The van der Waals surface area contributed by atoms with Gasteiger partial charge in [0, 0.05) is 23.6 Å². The molecule has 0 bridgehead atoms. The molecule has 0 saturated heterocycles. The zero-order valence-electron chi connectivity index (χ0n) is 8.54. The largest absolute Gasteiger partial charge is 0.506 e. The Balaban J connectivity index is 3.31. The van der Waals surface area contributed by atoms with Gasteiger partial charge in [-0.25, -0.2) is 0 Å². The van der Waals surface area contributed by atoms with E-state index >= 15 is 0 Å². The smallest absolute Gasteiger partial charge is 0.221 e. The molecule has 0 aromatic heterocycles. The van der Waals surface area contributed by atoms with Crippen molar-refractivity contribution in [2.24, 2.45) is 5.73 Å². The van der Waals surface area contributed by atoms with Crippen molar-refractivity contribution >= 4 is 23.2 Å². The molecule has 15 heavy (non-hydrogen) atoms. The summed E-state index contributed by atoms with van der Waals surface area (Å²) in [6.45, 7) is 3.08. The highest BCUT2D eigenvalue weighted by atomic mass is 35.5. The van der Waals surface area contributed by atoms with Crippen molar-refractivity contribution in [1.29, 1.82) is 0 Å². The number of rotatable bonds is 2. The van der Waals surface area contributed by atoms with Gasteiger partial charge in [-0.05, 0) is 19.1 Å². The van der Waals surface area contributed by atoms with E-state index in [0.29, 0.717) is 10.6 Å². The first-order chi connectivity index (χ1) is 6.93. The Morgan fingerprint density at radius 3 is 2.67 bits per heavy atom. The molecule has 1 atom stereocenters. The van der Waals surface area contributed by atoms with E-state index in [9.17, 15) is 9.90 Å². The average Bonchev–Trinajstić information content (AvgIpc) is 2.10. The van der Waals surface area contributed by atoms with Crippen LogP contribution < -0.4 is 11.1 Å². The van der Waals surface area contributed by atoms with Gasteiger partial charge in [-0.15, -0.1) is 0 Å². The van der Waals surface area contributed by atoms with Crippen LogP contribution in [0.25, 0.3) is 0 Å². The lowest BCUT2D eigenvalue weighted by molar-refractivity contribution is -0.114. The Hall–Kier alpha value is -1.26. The van der Waals surface area contributed by atoms with Gasteiger partial charge in [0.05, 0.1) is 5.69 Å². The van der Waals surface area contributed by atoms with Crippen LogP contribution in [0.15, 0.2) is 12.1 Å². The second-order valence-electron chi connectivity index (χ2n) is 3.33. The summed E-state index contributed by atoms with van der Waals surface area (Å²) in [5.41, 5.74) is 6.53. The number of anilines is 1. The van der Waals surface area contributed by atoms with Gasteiger partial charge in [0.1, 0.15) is 5.75 Å². The third-order valence-electron chi connectivity index (χ3n) is 1.93. The number of hydrogen-bond donors (Lipinski definition) is 3. The normalized spacial score (nSPS) is 12.3. The van der Waals surface area contributed by atoms with Gasteiger partial charge < -0.3 is 16.2 Å². The molecular formula is C10H13ClN2O2. The summed E-state index contributed by atoms with van der Waals surface area (Å²) in [6.07, 6.45) is 0. The number of hydrogen-bond acceptors (Lipinski definition) is 3. The van der Waals surface area contributed by atoms with Crippen molar-refractivity contribution in [3.63, 3.8) is 0 Å². The van der Waals surface area contributed by atoms with Crippen molar-refractivity contribution in [2.45, 2.75) is 19.9 Å². The molecule has 0 aliphatic rings. The highest BCUT2D eigenvalue weighted by molar-refractivity contribution is 6.32. The van der Waals surface area contributed by atoms with E-state index in [4.69, 9.17) is 17.3 Å². The third kappa shape index (κ3) is 2.61. The maximum atomic E-state index is 10.9. The molecule has 4 N–H and O–H groups in total. The predicted molar refractivity (Wildman–Crippen MR) is 60.0 cm³/mol. The Morgan fingerprint density at radius 2 is 2.20 bits per heavy atom. The van der Waals surface area contributed by atoms with Gasteiger partial charge in [-0.3, -0.25) is 4.79 Å². The van der Waals surface area contributed by atoms with E-state index in [1.54, 1.807) is 13.0 Å². The van der Waals surface area contributed by atoms with Crippen LogP contribution in [0.4, 0.5) is 5.69 Å². The fourth-order valence-electron chi connectivity index (χ4n) is 1.34. The maximum Gasteiger partial charge on any atom is 0.221 e. The number of amides is 1. The molecule has 1 unspecified atom stereocenters. The van der Waals surface area contributed by atoms with Crippen molar-refractivity contribution in [2.75, 3.05) is 5.32 Å². The molecule has 1 aromatic rings. The Bertz CT molecular complexity index is 391. The minimum atomic E-state index is -0.369. The van der Waals surface area contributed by atoms with Crippen molar-refractivity contribution in [1.82, 2.24) is 0 Å². The topological polar surface area (TPSA) is 75.3 Å². The van der Waals surface area contributed by atoms with Crippen LogP contribution in [0.1, 0.15) is 25.5 Å². The maximum absolute atomic E-state index is 10.9. The van der Waals surface area contributed by atoms with Crippen molar-refractivity contribution < 1.29 is 9.90 Å². The van der Waals surface area contributed by atoms with Crippen LogP contribution in [0, 0.1) is 0 Å². The highest BCUT2D eigenvalue weighted by Crippen LogP contribution is 2.36. The van der Waals surface area contributed by atoms with Gasteiger partial charge in [0.15, 0.2) is 0 Å². The molecule has 0 aliphatic heterocycles. The van der Waals surface area contributed by atoms with Crippen LogP contribution in [0.2, 0.25) is 5.02 Å². The minimum absolute atomic E-state index is 0.0399. The zero-order chi connectivity index (χ0) is 11.6. The molecule has 0 heterocycles. The van der Waals surface area contributed by atoms with E-state index in [2.05, 4.69) is 5.32 Å². The predicted octanol–water partition coefficient (Wildman–Crippen LogP) is 2.02. The monoisotopic (exact) mass is 228 g/mol. The van der Waals surface area contributed by atoms with Gasteiger partial charge in [-0.1, -0.05) is 11.6 Å². The molecule has 1 aromatic carbocycles. The number of halogens is 1. The molecule has 1 amide bonds. The van der Waals surface area contributed by atoms with Crippen LogP contribution in [-0.4, -0.2) is 11.0 Å². The van der Waals surface area contributed by atoms with Crippen LogP contribution in [0.3, 0.4) is 0 Å². The molecule has 0 saturated carbocycles. The molecule has 1 rings (SSSR count). The number of phenols is 1. The molecule has 0 aliphatic carbocycles. The van der Waals surface area contributed by atoms with Gasteiger partial charge in [-0.2, -0.15) is 0 Å². The molecule has 0 spiro atoms. The molecule has 0 fully saturated rings. The second-order valence-corrected chi connectivity index (χ2v) is 3.73. The van der Waals surface area contributed by atoms with E-state index in [1.165, 1.54) is 13.0 Å². The van der Waals surface area contributed by atoms with E-state index < -0.39 is 0 Å². The number of phenolic OH excluding ortho intramolecular Hbond substituents is 1. The molecule has 82 valence electrons. The third-order valence-corrected chi connectivity index (χ3v) is 2.26.